The monoisotopic (exact) mass is 297 g/mol. The van der Waals surface area contributed by atoms with Crippen LogP contribution in [-0.2, 0) is 6.42 Å². The summed E-state index contributed by atoms with van der Waals surface area (Å²) in [5, 5.41) is 14.4. The Morgan fingerprint density at radius 1 is 1.05 bits per heavy atom. The minimum atomic E-state index is 0.323. The molecule has 108 valence electrons. The van der Waals surface area contributed by atoms with Gasteiger partial charge in [0.25, 0.3) is 0 Å². The number of nitrogens with zero attached hydrogens (tertiary/aromatic N) is 2. The molecule has 3 nitrogen and oxygen atoms in total. The van der Waals surface area contributed by atoms with Crippen LogP contribution in [0.1, 0.15) is 22.4 Å². The van der Waals surface area contributed by atoms with E-state index in [2.05, 4.69) is 53.6 Å². The van der Waals surface area contributed by atoms with Crippen molar-refractivity contribution in [3.63, 3.8) is 0 Å². The van der Waals surface area contributed by atoms with E-state index < -0.39 is 0 Å². The third-order valence-corrected chi connectivity index (χ3v) is 4.58. The smallest absolute Gasteiger partial charge is 0.156 e. The molecule has 0 saturated heterocycles. The Hall–Kier alpha value is -1.94. The minimum absolute atomic E-state index is 0.323. The zero-order valence-corrected chi connectivity index (χ0v) is 13.4. The van der Waals surface area contributed by atoms with Gasteiger partial charge in [0.1, 0.15) is 0 Å². The van der Waals surface area contributed by atoms with Crippen molar-refractivity contribution >= 4 is 27.9 Å². The van der Waals surface area contributed by atoms with Crippen LogP contribution in [0.3, 0.4) is 0 Å². The van der Waals surface area contributed by atoms with E-state index in [9.17, 15) is 0 Å². The number of benzene rings is 1. The first-order valence-corrected chi connectivity index (χ1v) is 7.99. The molecular formula is C17H19N3S. The number of hydrogen-bond donors (Lipinski definition) is 1. The molecular weight excluding hydrogens is 278 g/mol. The molecule has 1 N–H and O–H groups in total. The Labute approximate surface area is 129 Å². The Morgan fingerprint density at radius 3 is 2.52 bits per heavy atom. The van der Waals surface area contributed by atoms with Crippen LogP contribution >= 0.6 is 11.3 Å². The van der Waals surface area contributed by atoms with Crippen LogP contribution in [-0.4, -0.2) is 16.2 Å². The molecule has 3 rings (SSSR count). The summed E-state index contributed by atoms with van der Waals surface area (Å²) in [5.74, 6) is 0.872. The predicted molar refractivity (Wildman–Crippen MR) is 90.1 cm³/mol. The maximum Gasteiger partial charge on any atom is 0.156 e. The minimum Gasteiger partial charge on any atom is -0.365 e. The summed E-state index contributed by atoms with van der Waals surface area (Å²) in [5.41, 5.74) is 0.970. The molecule has 0 spiro atoms. The lowest BCUT2D eigenvalue weighted by Gasteiger charge is -2.15. The molecule has 0 aliphatic heterocycles. The number of anilines is 1. The van der Waals surface area contributed by atoms with Gasteiger partial charge in [-0.25, -0.2) is 0 Å². The van der Waals surface area contributed by atoms with Crippen molar-refractivity contribution in [1.29, 1.82) is 0 Å². The summed E-state index contributed by atoms with van der Waals surface area (Å²) in [6, 6.07) is 13.0. The number of aryl methyl sites for hydroxylation is 2. The molecule has 0 radical (unpaired) electrons. The maximum absolute atomic E-state index is 4.34. The molecule has 1 unspecified atom stereocenters. The maximum atomic E-state index is 4.34. The van der Waals surface area contributed by atoms with E-state index in [0.717, 1.165) is 28.7 Å². The van der Waals surface area contributed by atoms with E-state index in [1.165, 1.54) is 9.75 Å². The zero-order chi connectivity index (χ0) is 14.8. The van der Waals surface area contributed by atoms with Crippen LogP contribution in [0.4, 0.5) is 5.82 Å². The summed E-state index contributed by atoms with van der Waals surface area (Å²) in [6.45, 7) is 6.33. The van der Waals surface area contributed by atoms with Gasteiger partial charge in [-0.15, -0.1) is 16.4 Å². The molecule has 0 amide bonds. The van der Waals surface area contributed by atoms with Crippen LogP contribution in [0.2, 0.25) is 0 Å². The molecule has 1 atom stereocenters. The third-order valence-electron chi connectivity index (χ3n) is 3.56. The lowest BCUT2D eigenvalue weighted by Crippen LogP contribution is -2.19. The molecule has 3 aromatic rings. The fraction of sp³-hybridized carbons (Fsp3) is 0.294. The van der Waals surface area contributed by atoms with Gasteiger partial charge in [-0.1, -0.05) is 24.3 Å². The Morgan fingerprint density at radius 2 is 1.81 bits per heavy atom. The van der Waals surface area contributed by atoms with E-state index in [4.69, 9.17) is 0 Å². The first-order valence-electron chi connectivity index (χ1n) is 7.17. The summed E-state index contributed by atoms with van der Waals surface area (Å²) in [6.07, 6.45) is 1.00. The van der Waals surface area contributed by atoms with E-state index in [1.54, 1.807) is 0 Å². The fourth-order valence-electron chi connectivity index (χ4n) is 2.53. The van der Waals surface area contributed by atoms with Gasteiger partial charge in [0.15, 0.2) is 5.82 Å². The van der Waals surface area contributed by atoms with Gasteiger partial charge < -0.3 is 5.32 Å². The quantitative estimate of drug-likeness (QED) is 0.778. The van der Waals surface area contributed by atoms with Gasteiger partial charge in [0.05, 0.1) is 5.69 Å². The predicted octanol–water partition coefficient (Wildman–Crippen LogP) is 4.35. The highest BCUT2D eigenvalue weighted by Gasteiger charge is 2.10. The third kappa shape index (κ3) is 3.05. The SMILES string of the molecule is Cc1ccc(CC(C)Nc2nnc(C)c3ccccc23)s1. The Kier molecular flexibility index (Phi) is 3.88. The Bertz CT molecular complexity index is 764. The van der Waals surface area contributed by atoms with Gasteiger partial charge >= 0.3 is 0 Å². The Balaban J connectivity index is 1.83. The lowest BCUT2D eigenvalue weighted by atomic mass is 10.1. The molecule has 2 aromatic heterocycles. The average molecular weight is 297 g/mol. The molecule has 0 aliphatic carbocycles. The van der Waals surface area contributed by atoms with Crippen LogP contribution in [0.15, 0.2) is 36.4 Å². The van der Waals surface area contributed by atoms with Crippen LogP contribution < -0.4 is 5.32 Å². The van der Waals surface area contributed by atoms with Crippen LogP contribution in [0.25, 0.3) is 10.8 Å². The second-order valence-corrected chi connectivity index (χ2v) is 6.81. The van der Waals surface area contributed by atoms with Crippen molar-refractivity contribution in [3.8, 4) is 0 Å². The van der Waals surface area contributed by atoms with Crippen molar-refractivity contribution in [1.82, 2.24) is 10.2 Å². The van der Waals surface area contributed by atoms with E-state index in [0.29, 0.717) is 6.04 Å². The van der Waals surface area contributed by atoms with Crippen LogP contribution in [0, 0.1) is 13.8 Å². The van der Waals surface area contributed by atoms with E-state index in [-0.39, 0.29) is 0 Å². The number of fused-ring (bicyclic) bond motifs is 1. The first kappa shape index (κ1) is 14.0. The largest absolute Gasteiger partial charge is 0.365 e. The number of thiophene rings is 1. The highest BCUT2D eigenvalue weighted by Crippen LogP contribution is 2.24. The normalized spacial score (nSPS) is 12.5. The number of rotatable bonds is 4. The highest BCUT2D eigenvalue weighted by atomic mass is 32.1. The first-order chi connectivity index (χ1) is 10.1. The fourth-order valence-corrected chi connectivity index (χ4v) is 3.54. The molecule has 21 heavy (non-hydrogen) atoms. The van der Waals surface area contributed by atoms with Crippen molar-refractivity contribution in [2.75, 3.05) is 5.32 Å². The average Bonchev–Trinajstić information content (AvgIpc) is 2.87. The van der Waals surface area contributed by atoms with Crippen molar-refractivity contribution < 1.29 is 0 Å². The topological polar surface area (TPSA) is 37.8 Å². The molecule has 0 aliphatic rings. The summed E-state index contributed by atoms with van der Waals surface area (Å²) >= 11 is 1.86. The second kappa shape index (κ2) is 5.82. The van der Waals surface area contributed by atoms with Gasteiger partial charge in [-0.05, 0) is 32.9 Å². The standard InChI is InChI=1S/C17H19N3S/c1-11(10-14-9-8-12(2)21-14)18-17-16-7-5-4-6-15(16)13(3)19-20-17/h4-9,11H,10H2,1-3H3,(H,18,20). The molecule has 1 aromatic carbocycles. The molecule has 0 fully saturated rings. The number of aromatic nitrogens is 2. The van der Waals surface area contributed by atoms with Gasteiger partial charge in [0, 0.05) is 33.0 Å². The molecule has 2 heterocycles. The van der Waals surface area contributed by atoms with Gasteiger partial charge in [-0.3, -0.25) is 0 Å². The zero-order valence-electron chi connectivity index (χ0n) is 12.6. The summed E-state index contributed by atoms with van der Waals surface area (Å²) in [7, 11) is 0. The van der Waals surface area contributed by atoms with E-state index in [1.807, 2.05) is 30.4 Å². The molecule has 0 bridgehead atoms. The summed E-state index contributed by atoms with van der Waals surface area (Å²) in [4.78, 5) is 2.76. The van der Waals surface area contributed by atoms with Crippen molar-refractivity contribution in [2.24, 2.45) is 0 Å². The lowest BCUT2D eigenvalue weighted by molar-refractivity contribution is 0.789. The number of hydrogen-bond acceptors (Lipinski definition) is 4. The van der Waals surface area contributed by atoms with Crippen LogP contribution in [0.5, 0.6) is 0 Å². The summed E-state index contributed by atoms with van der Waals surface area (Å²) < 4.78 is 0. The molecule has 0 saturated carbocycles. The van der Waals surface area contributed by atoms with Crippen molar-refractivity contribution in [3.05, 3.63) is 51.8 Å². The highest BCUT2D eigenvalue weighted by molar-refractivity contribution is 7.11. The van der Waals surface area contributed by atoms with Gasteiger partial charge in [-0.2, -0.15) is 5.10 Å². The second-order valence-electron chi connectivity index (χ2n) is 5.44. The number of nitrogens with one attached hydrogen (secondary N) is 1. The molecule has 4 heteroatoms. The van der Waals surface area contributed by atoms with Gasteiger partial charge in [0.2, 0.25) is 0 Å². The van der Waals surface area contributed by atoms with Crippen molar-refractivity contribution in [2.45, 2.75) is 33.2 Å². The van der Waals surface area contributed by atoms with E-state index >= 15 is 0 Å².